The van der Waals surface area contributed by atoms with Gasteiger partial charge in [0.25, 0.3) is 0 Å². The molecule has 0 amide bonds. The van der Waals surface area contributed by atoms with E-state index in [-0.39, 0.29) is 0 Å². The Bertz CT molecular complexity index is 3050. The van der Waals surface area contributed by atoms with Gasteiger partial charge in [-0.3, -0.25) is 4.98 Å². The Hall–Kier alpha value is -7.55. The molecule has 5 nitrogen and oxygen atoms in total. The Morgan fingerprint density at radius 3 is 1.56 bits per heavy atom. The molecule has 0 atom stereocenters. The topological polar surface area (TPSA) is 55.9 Å². The lowest BCUT2D eigenvalue weighted by Crippen LogP contribution is -2.00. The van der Waals surface area contributed by atoms with Crippen LogP contribution in [0.15, 0.2) is 176 Å². The first-order valence-corrected chi connectivity index (χ1v) is 17.8. The van der Waals surface area contributed by atoms with Gasteiger partial charge >= 0.3 is 0 Å². The monoisotopic (exact) mass is 687 g/mol. The van der Waals surface area contributed by atoms with Crippen LogP contribution in [0.5, 0.6) is 0 Å². The fourth-order valence-corrected chi connectivity index (χ4v) is 7.65. The van der Waals surface area contributed by atoms with Gasteiger partial charge in [-0.25, -0.2) is 19.8 Å². The molecule has 0 saturated carbocycles. The zero-order valence-electron chi connectivity index (χ0n) is 29.0. The summed E-state index contributed by atoms with van der Waals surface area (Å²) in [5.41, 5.74) is 8.64. The smallest absolute Gasteiger partial charge is 0.194 e. The van der Waals surface area contributed by atoms with Crippen LogP contribution in [0.25, 0.3) is 104 Å². The first-order valence-electron chi connectivity index (χ1n) is 17.8. The van der Waals surface area contributed by atoms with E-state index in [1.54, 1.807) is 0 Å². The Morgan fingerprint density at radius 1 is 0.352 bits per heavy atom. The number of hydrogen-bond acceptors (Lipinski definition) is 4. The molecule has 0 aliphatic rings. The normalized spacial score (nSPS) is 11.3. The molecule has 0 radical (unpaired) electrons. The summed E-state index contributed by atoms with van der Waals surface area (Å²) in [7, 11) is 0. The van der Waals surface area contributed by atoms with E-state index in [9.17, 15) is 0 Å². The Balaban J connectivity index is 1.19. The molecule has 10 aromatic rings. The maximum atomic E-state index is 7.78. The Labute approximate surface area is 311 Å². The molecular weight excluding hydrogens is 659 g/mol. The van der Waals surface area contributed by atoms with E-state index in [4.69, 9.17) is 26.5 Å². The van der Waals surface area contributed by atoms with Crippen LogP contribution < -0.4 is 0 Å². The zero-order chi connectivity index (χ0) is 36.0. The van der Waals surface area contributed by atoms with E-state index in [0.717, 1.165) is 82.2 Å². The van der Waals surface area contributed by atoms with Crippen molar-refractivity contribution in [1.29, 1.82) is 0 Å². The van der Waals surface area contributed by atoms with Crippen molar-refractivity contribution in [2.45, 2.75) is 0 Å². The van der Waals surface area contributed by atoms with Gasteiger partial charge in [0.2, 0.25) is 0 Å². The average molecular weight is 688 g/mol. The zero-order valence-corrected chi connectivity index (χ0v) is 29.0. The van der Waals surface area contributed by atoms with E-state index >= 15 is 0 Å². The average Bonchev–Trinajstić information content (AvgIpc) is 3.26. The van der Waals surface area contributed by atoms with E-state index in [1.807, 2.05) is 97.2 Å². The minimum atomic E-state index is 0.616. The molecule has 0 N–H and O–H groups in total. The van der Waals surface area contributed by atoms with Crippen LogP contribution in [0.3, 0.4) is 0 Å². The molecule has 0 saturated heterocycles. The highest BCUT2D eigenvalue weighted by atomic mass is 15.0. The van der Waals surface area contributed by atoms with Crippen molar-refractivity contribution in [2.24, 2.45) is 0 Å². The molecule has 250 valence electrons. The van der Waals surface area contributed by atoms with Gasteiger partial charge in [-0.1, -0.05) is 146 Å². The van der Waals surface area contributed by atoms with Crippen molar-refractivity contribution in [1.82, 2.24) is 19.9 Å². The van der Waals surface area contributed by atoms with Gasteiger partial charge in [0.05, 0.1) is 12.1 Å². The first-order chi connectivity index (χ1) is 26.7. The molecular formula is C49H29N5. The van der Waals surface area contributed by atoms with Crippen LogP contribution in [-0.4, -0.2) is 19.9 Å². The largest absolute Gasteiger partial charge is 0.256 e. The van der Waals surface area contributed by atoms with Gasteiger partial charge in [0.1, 0.15) is 0 Å². The lowest BCUT2D eigenvalue weighted by atomic mass is 9.88. The second-order valence-corrected chi connectivity index (χ2v) is 13.3. The van der Waals surface area contributed by atoms with Gasteiger partial charge in [-0.2, -0.15) is 0 Å². The van der Waals surface area contributed by atoms with Gasteiger partial charge in [-0.15, -0.1) is 0 Å². The number of fused-ring (bicyclic) bond motifs is 6. The molecule has 0 fully saturated rings. The maximum absolute atomic E-state index is 7.78. The van der Waals surface area contributed by atoms with Crippen LogP contribution in [0.2, 0.25) is 0 Å². The van der Waals surface area contributed by atoms with Crippen molar-refractivity contribution < 1.29 is 0 Å². The summed E-state index contributed by atoms with van der Waals surface area (Å²) in [5, 5.41) is 7.64. The van der Waals surface area contributed by atoms with Crippen molar-refractivity contribution in [3.05, 3.63) is 187 Å². The predicted octanol–water partition coefficient (Wildman–Crippen LogP) is 12.8. The van der Waals surface area contributed by atoms with Gasteiger partial charge in [0, 0.05) is 33.8 Å². The molecule has 8 aromatic carbocycles. The minimum absolute atomic E-state index is 0.616. The molecule has 54 heavy (non-hydrogen) atoms. The molecule has 2 aromatic heterocycles. The predicted molar refractivity (Wildman–Crippen MR) is 221 cm³/mol. The third kappa shape index (κ3) is 5.25. The molecule has 0 aliphatic carbocycles. The van der Waals surface area contributed by atoms with Gasteiger partial charge < -0.3 is 0 Å². The first kappa shape index (κ1) is 31.2. The Kier molecular flexibility index (Phi) is 7.45. The number of aromatic nitrogens is 4. The second kappa shape index (κ2) is 12.9. The summed E-state index contributed by atoms with van der Waals surface area (Å²) in [6.45, 7) is 7.78. The minimum Gasteiger partial charge on any atom is -0.256 e. The van der Waals surface area contributed by atoms with Gasteiger partial charge in [0.15, 0.2) is 23.2 Å². The molecule has 0 spiro atoms. The highest BCUT2D eigenvalue weighted by molar-refractivity contribution is 6.24. The van der Waals surface area contributed by atoms with E-state index in [0.29, 0.717) is 23.2 Å². The second-order valence-electron chi connectivity index (χ2n) is 13.3. The molecule has 0 unspecified atom stereocenters. The highest BCUT2D eigenvalue weighted by Gasteiger charge is 2.18. The number of nitrogens with zero attached hydrogens (tertiary/aromatic N) is 5. The number of hydrogen-bond donors (Lipinski definition) is 0. The molecule has 2 heterocycles. The van der Waals surface area contributed by atoms with E-state index in [2.05, 4.69) is 83.7 Å². The molecule has 0 aliphatic heterocycles. The summed E-state index contributed by atoms with van der Waals surface area (Å²) in [6, 6.07) is 58.2. The van der Waals surface area contributed by atoms with Crippen molar-refractivity contribution in [3.63, 3.8) is 0 Å². The summed E-state index contributed by atoms with van der Waals surface area (Å²) in [5.74, 6) is 1.88. The van der Waals surface area contributed by atoms with Crippen molar-refractivity contribution in [3.8, 4) is 56.4 Å². The summed E-state index contributed by atoms with van der Waals surface area (Å²) >= 11 is 0. The third-order valence-electron chi connectivity index (χ3n) is 10.2. The van der Waals surface area contributed by atoms with Crippen molar-refractivity contribution in [2.75, 3.05) is 0 Å². The maximum Gasteiger partial charge on any atom is 0.194 e. The lowest BCUT2D eigenvalue weighted by molar-refractivity contribution is 1.07. The molecule has 0 bridgehead atoms. The quantitative estimate of drug-likeness (QED) is 0.133. The van der Waals surface area contributed by atoms with Gasteiger partial charge in [-0.05, 0) is 73.3 Å². The molecule has 5 heteroatoms. The third-order valence-corrected chi connectivity index (χ3v) is 10.2. The summed E-state index contributed by atoms with van der Waals surface area (Å²) < 4.78 is 0. The van der Waals surface area contributed by atoms with E-state index in [1.165, 1.54) is 0 Å². The number of pyridine rings is 1. The van der Waals surface area contributed by atoms with Crippen LogP contribution in [-0.2, 0) is 0 Å². The molecule has 10 rings (SSSR count). The van der Waals surface area contributed by atoms with E-state index < -0.39 is 0 Å². The number of benzene rings is 8. The summed E-state index contributed by atoms with van der Waals surface area (Å²) in [4.78, 5) is 23.7. The fourth-order valence-electron chi connectivity index (χ4n) is 7.65. The standard InChI is InChI=1S/C49H29N5/c1-50-45-26-25-38(35-20-10-11-23-39(35)45)44-30-42-37-22-9-8-21-36(37)41(29-43(42)40-24-13-27-51-46(40)44)33-18-12-19-34(28-33)49-53-47(31-14-4-2-5-15-31)52-48(54-49)32-16-6-3-7-17-32/h2-30H. The van der Waals surface area contributed by atoms with Crippen molar-refractivity contribution >= 4 is 48.9 Å². The van der Waals surface area contributed by atoms with Crippen LogP contribution in [0, 0.1) is 6.57 Å². The van der Waals surface area contributed by atoms with Crippen LogP contribution in [0.1, 0.15) is 0 Å². The summed E-state index contributed by atoms with van der Waals surface area (Å²) in [6.07, 6.45) is 1.86. The van der Waals surface area contributed by atoms with Crippen LogP contribution in [0.4, 0.5) is 5.69 Å². The number of rotatable bonds is 5. The lowest BCUT2D eigenvalue weighted by Gasteiger charge is -2.17. The highest BCUT2D eigenvalue weighted by Crippen LogP contribution is 2.44. The fraction of sp³-hybridized carbons (Fsp3) is 0. The SMILES string of the molecule is [C-]#[N+]c1ccc(-c2cc3c4ccccc4c(-c4cccc(-c5nc(-c6ccccc6)nc(-c6ccccc6)n5)c4)cc3c3cccnc23)c2ccccc12. The Morgan fingerprint density at radius 2 is 0.870 bits per heavy atom. The van der Waals surface area contributed by atoms with Crippen LogP contribution >= 0.6 is 0 Å².